The Balaban J connectivity index is 2.42. The Kier molecular flexibility index (Phi) is 2.52. The second kappa shape index (κ2) is 3.67. The molecule has 76 valence electrons. The summed E-state index contributed by atoms with van der Waals surface area (Å²) in [6, 6.07) is 4.89. The minimum Gasteiger partial charge on any atom is -0.324 e. The molecule has 1 atom stereocenters. The average molecular weight is 194 g/mol. The lowest BCUT2D eigenvalue weighted by Crippen LogP contribution is -2.18. The van der Waals surface area contributed by atoms with Gasteiger partial charge < -0.3 is 10.6 Å². The fraction of sp³-hybridized carbons (Fsp3) is 0.455. The van der Waals surface area contributed by atoms with Gasteiger partial charge in [0, 0.05) is 12.6 Å². The maximum absolute atomic E-state index is 13.0. The van der Waals surface area contributed by atoms with E-state index >= 15 is 0 Å². The van der Waals surface area contributed by atoms with E-state index in [1.54, 1.807) is 6.07 Å². The van der Waals surface area contributed by atoms with Crippen LogP contribution in [-0.4, -0.2) is 18.5 Å². The standard InChI is InChI=1S/C11H15FN2/c1-14-5-4-11(13)10-6-9(12)3-2-8(10)7-14/h2-3,6,11H,4-5,7,13H2,1H3/t11-/m0/s1. The van der Waals surface area contributed by atoms with E-state index in [-0.39, 0.29) is 11.9 Å². The molecule has 0 amide bonds. The highest BCUT2D eigenvalue weighted by molar-refractivity contribution is 5.31. The fourth-order valence-electron chi connectivity index (χ4n) is 1.94. The van der Waals surface area contributed by atoms with Crippen LogP contribution in [0, 0.1) is 5.82 Å². The van der Waals surface area contributed by atoms with Gasteiger partial charge >= 0.3 is 0 Å². The number of hydrogen-bond acceptors (Lipinski definition) is 2. The van der Waals surface area contributed by atoms with Gasteiger partial charge in [-0.05, 0) is 43.3 Å². The first-order valence-electron chi connectivity index (χ1n) is 4.89. The van der Waals surface area contributed by atoms with E-state index in [9.17, 15) is 4.39 Å². The fourth-order valence-corrected chi connectivity index (χ4v) is 1.94. The van der Waals surface area contributed by atoms with Crippen LogP contribution < -0.4 is 5.73 Å². The molecule has 0 bridgehead atoms. The Morgan fingerprint density at radius 3 is 3.07 bits per heavy atom. The quantitative estimate of drug-likeness (QED) is 0.680. The van der Waals surface area contributed by atoms with Crippen LogP contribution in [0.1, 0.15) is 23.6 Å². The van der Waals surface area contributed by atoms with Crippen molar-refractivity contribution in [3.8, 4) is 0 Å². The van der Waals surface area contributed by atoms with E-state index in [1.165, 1.54) is 6.07 Å². The third-order valence-electron chi connectivity index (χ3n) is 2.77. The third kappa shape index (κ3) is 1.79. The molecule has 2 nitrogen and oxygen atoms in total. The second-order valence-corrected chi connectivity index (χ2v) is 3.98. The molecule has 0 aliphatic carbocycles. The molecule has 0 spiro atoms. The van der Waals surface area contributed by atoms with Gasteiger partial charge in [-0.1, -0.05) is 6.07 Å². The Morgan fingerprint density at radius 2 is 2.29 bits per heavy atom. The zero-order valence-electron chi connectivity index (χ0n) is 8.33. The van der Waals surface area contributed by atoms with Crippen molar-refractivity contribution in [3.63, 3.8) is 0 Å². The first-order valence-corrected chi connectivity index (χ1v) is 4.89. The minimum atomic E-state index is -0.191. The van der Waals surface area contributed by atoms with Crippen molar-refractivity contribution in [3.05, 3.63) is 35.1 Å². The van der Waals surface area contributed by atoms with Gasteiger partial charge in [0.25, 0.3) is 0 Å². The van der Waals surface area contributed by atoms with Crippen molar-refractivity contribution in [1.82, 2.24) is 4.90 Å². The molecule has 0 radical (unpaired) electrons. The first-order chi connectivity index (χ1) is 6.66. The molecule has 0 unspecified atom stereocenters. The van der Waals surface area contributed by atoms with Gasteiger partial charge in [0.2, 0.25) is 0 Å². The molecule has 0 saturated heterocycles. The Bertz CT molecular complexity index is 338. The molecule has 1 heterocycles. The maximum Gasteiger partial charge on any atom is 0.123 e. The van der Waals surface area contributed by atoms with Crippen molar-refractivity contribution in [2.45, 2.75) is 19.0 Å². The summed E-state index contributed by atoms with van der Waals surface area (Å²) in [5.74, 6) is -0.191. The minimum absolute atomic E-state index is 0.0225. The third-order valence-corrected chi connectivity index (χ3v) is 2.77. The van der Waals surface area contributed by atoms with Gasteiger partial charge in [-0.3, -0.25) is 0 Å². The van der Waals surface area contributed by atoms with Gasteiger partial charge in [-0.25, -0.2) is 4.39 Å². The molecule has 14 heavy (non-hydrogen) atoms. The maximum atomic E-state index is 13.0. The lowest BCUT2D eigenvalue weighted by atomic mass is 10.00. The van der Waals surface area contributed by atoms with E-state index in [0.717, 1.165) is 30.6 Å². The summed E-state index contributed by atoms with van der Waals surface area (Å²) in [6.07, 6.45) is 0.896. The van der Waals surface area contributed by atoms with Crippen molar-refractivity contribution in [1.29, 1.82) is 0 Å². The topological polar surface area (TPSA) is 29.3 Å². The summed E-state index contributed by atoms with van der Waals surface area (Å²) in [7, 11) is 2.06. The van der Waals surface area contributed by atoms with E-state index in [2.05, 4.69) is 11.9 Å². The van der Waals surface area contributed by atoms with E-state index in [0.29, 0.717) is 0 Å². The average Bonchev–Trinajstić information content (AvgIpc) is 2.29. The van der Waals surface area contributed by atoms with E-state index < -0.39 is 0 Å². The Hall–Kier alpha value is -0.930. The van der Waals surface area contributed by atoms with Crippen molar-refractivity contribution < 1.29 is 4.39 Å². The molecule has 1 aromatic carbocycles. The second-order valence-electron chi connectivity index (χ2n) is 3.98. The van der Waals surface area contributed by atoms with Gasteiger partial charge in [0.05, 0.1) is 0 Å². The van der Waals surface area contributed by atoms with Gasteiger partial charge in [0.1, 0.15) is 5.82 Å². The highest BCUT2D eigenvalue weighted by Crippen LogP contribution is 2.24. The van der Waals surface area contributed by atoms with Crippen LogP contribution in [-0.2, 0) is 6.54 Å². The molecule has 1 aliphatic rings. The number of hydrogen-bond donors (Lipinski definition) is 1. The van der Waals surface area contributed by atoms with Crippen LogP contribution in [0.15, 0.2) is 18.2 Å². The molecule has 3 heteroatoms. The number of nitrogens with two attached hydrogens (primary N) is 1. The zero-order chi connectivity index (χ0) is 10.1. The number of benzene rings is 1. The van der Waals surface area contributed by atoms with E-state index in [1.807, 2.05) is 6.07 Å². The van der Waals surface area contributed by atoms with Crippen molar-refractivity contribution >= 4 is 0 Å². The number of nitrogens with zero attached hydrogens (tertiary/aromatic N) is 1. The highest BCUT2D eigenvalue weighted by Gasteiger charge is 2.17. The van der Waals surface area contributed by atoms with Crippen LogP contribution in [0.3, 0.4) is 0 Å². The normalized spacial score (nSPS) is 22.9. The van der Waals surface area contributed by atoms with Crippen LogP contribution in [0.2, 0.25) is 0 Å². The predicted octanol–water partition coefficient (Wildman–Crippen LogP) is 1.66. The summed E-state index contributed by atoms with van der Waals surface area (Å²) in [6.45, 7) is 1.83. The van der Waals surface area contributed by atoms with Crippen LogP contribution >= 0.6 is 0 Å². The van der Waals surface area contributed by atoms with Gasteiger partial charge in [0.15, 0.2) is 0 Å². The molecule has 1 aliphatic heterocycles. The molecule has 2 N–H and O–H groups in total. The SMILES string of the molecule is CN1CC[C@H](N)c2cc(F)ccc2C1. The van der Waals surface area contributed by atoms with Crippen molar-refractivity contribution in [2.24, 2.45) is 5.73 Å². The molecular formula is C11H15FN2. The highest BCUT2D eigenvalue weighted by atomic mass is 19.1. The van der Waals surface area contributed by atoms with Gasteiger partial charge in [-0.2, -0.15) is 0 Å². The lowest BCUT2D eigenvalue weighted by molar-refractivity contribution is 0.325. The summed E-state index contributed by atoms with van der Waals surface area (Å²) in [4.78, 5) is 2.21. The number of fused-ring (bicyclic) bond motifs is 1. The first kappa shape index (κ1) is 9.62. The Morgan fingerprint density at radius 1 is 1.50 bits per heavy atom. The molecule has 0 saturated carbocycles. The molecular weight excluding hydrogens is 179 g/mol. The summed E-state index contributed by atoms with van der Waals surface area (Å²) < 4.78 is 13.0. The summed E-state index contributed by atoms with van der Waals surface area (Å²) in [5.41, 5.74) is 8.10. The molecule has 1 aromatic rings. The van der Waals surface area contributed by atoms with Crippen LogP contribution in [0.5, 0.6) is 0 Å². The number of halogens is 1. The van der Waals surface area contributed by atoms with Crippen LogP contribution in [0.4, 0.5) is 4.39 Å². The molecule has 0 aromatic heterocycles. The summed E-state index contributed by atoms with van der Waals surface area (Å²) in [5, 5.41) is 0. The smallest absolute Gasteiger partial charge is 0.123 e. The van der Waals surface area contributed by atoms with E-state index in [4.69, 9.17) is 5.73 Å². The largest absolute Gasteiger partial charge is 0.324 e. The summed E-state index contributed by atoms with van der Waals surface area (Å²) >= 11 is 0. The van der Waals surface area contributed by atoms with Crippen molar-refractivity contribution in [2.75, 3.05) is 13.6 Å². The number of rotatable bonds is 0. The predicted molar refractivity (Wildman–Crippen MR) is 54.3 cm³/mol. The Labute approximate surface area is 83.5 Å². The van der Waals surface area contributed by atoms with Crippen LogP contribution in [0.25, 0.3) is 0 Å². The lowest BCUT2D eigenvalue weighted by Gasteiger charge is -2.12. The molecule has 0 fully saturated rings. The monoisotopic (exact) mass is 194 g/mol. The zero-order valence-corrected chi connectivity index (χ0v) is 8.33. The van der Waals surface area contributed by atoms with Gasteiger partial charge in [-0.15, -0.1) is 0 Å². The molecule has 2 rings (SSSR count).